The molecule has 3 amide bonds. The Hall–Kier alpha value is -2.13. The molecule has 0 aromatic heterocycles. The summed E-state index contributed by atoms with van der Waals surface area (Å²) >= 11 is 0. The van der Waals surface area contributed by atoms with E-state index in [1.165, 1.54) is 17.0 Å². The maximum atomic E-state index is 12.7. The first-order valence-corrected chi connectivity index (χ1v) is 10.1. The van der Waals surface area contributed by atoms with Crippen LogP contribution in [0.25, 0.3) is 0 Å². The highest BCUT2D eigenvalue weighted by atomic mass is 32.2. The lowest BCUT2D eigenvalue weighted by atomic mass is 10.2. The van der Waals surface area contributed by atoms with Crippen LogP contribution in [0, 0.1) is 6.92 Å². The molecule has 2 heterocycles. The number of aryl methyl sites for hydroxylation is 1. The Morgan fingerprint density at radius 2 is 1.77 bits per heavy atom. The quantitative estimate of drug-likeness (QED) is 0.832. The van der Waals surface area contributed by atoms with Gasteiger partial charge in [0.1, 0.15) is 6.04 Å². The number of hydrogen-bond acceptors (Lipinski definition) is 5. The first kappa shape index (κ1) is 18.7. The predicted octanol–water partition coefficient (Wildman–Crippen LogP) is 0.717. The summed E-state index contributed by atoms with van der Waals surface area (Å²) in [6.45, 7) is 4.15. The van der Waals surface area contributed by atoms with Gasteiger partial charge in [0.2, 0.25) is 5.91 Å². The molecule has 0 bridgehead atoms. The van der Waals surface area contributed by atoms with E-state index in [0.29, 0.717) is 45.7 Å². The van der Waals surface area contributed by atoms with Crippen molar-refractivity contribution in [3.05, 3.63) is 29.8 Å². The van der Waals surface area contributed by atoms with Gasteiger partial charge in [-0.3, -0.25) is 4.79 Å². The highest BCUT2D eigenvalue weighted by Crippen LogP contribution is 2.21. The standard InChI is InChI=1S/C17H23N3O5S/c1-13-4-6-14(7-5-13)26(23,24)18-17(22)20-8-2-3-15(20)16(21)19-9-11-25-12-10-19/h4-7,15H,2-3,8-12H2,1H3,(H,18,22)/t15-/m0/s1. The number of sulfonamides is 1. The van der Waals surface area contributed by atoms with Gasteiger partial charge < -0.3 is 14.5 Å². The average molecular weight is 381 g/mol. The Morgan fingerprint density at radius 1 is 1.12 bits per heavy atom. The summed E-state index contributed by atoms with van der Waals surface area (Å²) in [5, 5.41) is 0. The van der Waals surface area contributed by atoms with Crippen molar-refractivity contribution >= 4 is 22.0 Å². The number of hydrogen-bond donors (Lipinski definition) is 1. The van der Waals surface area contributed by atoms with Crippen LogP contribution in [0.4, 0.5) is 4.79 Å². The van der Waals surface area contributed by atoms with Gasteiger partial charge in [0.25, 0.3) is 10.0 Å². The number of ether oxygens (including phenoxy) is 1. The van der Waals surface area contributed by atoms with Crippen LogP contribution in [0.2, 0.25) is 0 Å². The fourth-order valence-corrected chi connectivity index (χ4v) is 4.17. The van der Waals surface area contributed by atoms with Gasteiger partial charge in [0, 0.05) is 19.6 Å². The highest BCUT2D eigenvalue weighted by molar-refractivity contribution is 7.90. The van der Waals surface area contributed by atoms with E-state index in [0.717, 1.165) is 5.56 Å². The minimum Gasteiger partial charge on any atom is -0.378 e. The molecular weight excluding hydrogens is 358 g/mol. The zero-order valence-corrected chi connectivity index (χ0v) is 15.5. The van der Waals surface area contributed by atoms with E-state index in [9.17, 15) is 18.0 Å². The zero-order valence-electron chi connectivity index (χ0n) is 14.7. The summed E-state index contributed by atoms with van der Waals surface area (Å²) in [5.41, 5.74) is 0.922. The van der Waals surface area contributed by atoms with Gasteiger partial charge >= 0.3 is 6.03 Å². The largest absolute Gasteiger partial charge is 0.378 e. The van der Waals surface area contributed by atoms with Gasteiger partial charge in [-0.15, -0.1) is 0 Å². The molecule has 0 unspecified atom stereocenters. The Bertz CT molecular complexity index is 772. The van der Waals surface area contributed by atoms with Crippen LogP contribution < -0.4 is 4.72 Å². The summed E-state index contributed by atoms with van der Waals surface area (Å²) in [7, 11) is -3.97. The van der Waals surface area contributed by atoms with Gasteiger partial charge in [0.05, 0.1) is 18.1 Å². The molecule has 0 spiro atoms. The molecule has 2 aliphatic heterocycles. The summed E-state index contributed by atoms with van der Waals surface area (Å²) in [6.07, 6.45) is 1.20. The number of nitrogens with zero attached hydrogens (tertiary/aromatic N) is 2. The second kappa shape index (κ2) is 7.63. The topological polar surface area (TPSA) is 96.0 Å². The first-order chi connectivity index (χ1) is 12.4. The molecule has 1 aromatic carbocycles. The number of urea groups is 1. The number of likely N-dealkylation sites (tertiary alicyclic amines) is 1. The zero-order chi connectivity index (χ0) is 18.7. The molecule has 0 aliphatic carbocycles. The van der Waals surface area contributed by atoms with Gasteiger partial charge in [-0.1, -0.05) is 17.7 Å². The maximum absolute atomic E-state index is 12.7. The van der Waals surface area contributed by atoms with E-state index < -0.39 is 22.1 Å². The van der Waals surface area contributed by atoms with Gasteiger partial charge in [-0.25, -0.2) is 17.9 Å². The van der Waals surface area contributed by atoms with Crippen molar-refractivity contribution in [3.8, 4) is 0 Å². The van der Waals surface area contributed by atoms with E-state index >= 15 is 0 Å². The van der Waals surface area contributed by atoms with Crippen LogP contribution in [0.1, 0.15) is 18.4 Å². The van der Waals surface area contributed by atoms with Gasteiger partial charge in [-0.05, 0) is 31.9 Å². The van der Waals surface area contributed by atoms with Crippen LogP contribution >= 0.6 is 0 Å². The smallest absolute Gasteiger partial charge is 0.331 e. The average Bonchev–Trinajstić information content (AvgIpc) is 3.12. The number of rotatable bonds is 3. The Balaban J connectivity index is 1.69. The molecule has 8 nitrogen and oxygen atoms in total. The summed E-state index contributed by atoms with van der Waals surface area (Å²) in [4.78, 5) is 28.2. The van der Waals surface area contributed by atoms with Crippen molar-refractivity contribution in [1.82, 2.24) is 14.5 Å². The molecule has 142 valence electrons. The van der Waals surface area contributed by atoms with Crippen LogP contribution in [0.3, 0.4) is 0 Å². The third kappa shape index (κ3) is 3.99. The number of nitrogens with one attached hydrogen (secondary N) is 1. The van der Waals surface area contributed by atoms with Crippen molar-refractivity contribution < 1.29 is 22.7 Å². The molecule has 2 aliphatic rings. The van der Waals surface area contributed by atoms with Crippen molar-refractivity contribution in [2.24, 2.45) is 0 Å². The molecule has 0 radical (unpaired) electrons. The second-order valence-electron chi connectivity index (χ2n) is 6.51. The highest BCUT2D eigenvalue weighted by Gasteiger charge is 2.38. The number of amides is 3. The number of carbonyl (C=O) groups excluding carboxylic acids is 2. The Labute approximate surface area is 153 Å². The number of benzene rings is 1. The van der Waals surface area contributed by atoms with E-state index in [-0.39, 0.29) is 10.8 Å². The number of carbonyl (C=O) groups is 2. The van der Waals surface area contributed by atoms with Crippen molar-refractivity contribution in [2.45, 2.75) is 30.7 Å². The van der Waals surface area contributed by atoms with Crippen LogP contribution in [-0.4, -0.2) is 69.0 Å². The fraction of sp³-hybridized carbons (Fsp3) is 0.529. The van der Waals surface area contributed by atoms with E-state index in [1.807, 2.05) is 6.92 Å². The molecule has 1 N–H and O–H groups in total. The predicted molar refractivity (Wildman–Crippen MR) is 94.0 cm³/mol. The molecular formula is C17H23N3O5S. The van der Waals surface area contributed by atoms with E-state index in [4.69, 9.17) is 4.74 Å². The molecule has 26 heavy (non-hydrogen) atoms. The second-order valence-corrected chi connectivity index (χ2v) is 8.20. The Morgan fingerprint density at radius 3 is 2.42 bits per heavy atom. The third-order valence-electron chi connectivity index (χ3n) is 4.67. The molecule has 1 aromatic rings. The van der Waals surface area contributed by atoms with Crippen LogP contribution in [-0.2, 0) is 19.6 Å². The fourth-order valence-electron chi connectivity index (χ4n) is 3.21. The normalized spacial score (nSPS) is 20.9. The molecule has 2 fully saturated rings. The molecule has 2 saturated heterocycles. The number of morpholine rings is 1. The lowest BCUT2D eigenvalue weighted by molar-refractivity contribution is -0.139. The monoisotopic (exact) mass is 381 g/mol. The lowest BCUT2D eigenvalue weighted by Crippen LogP contribution is -2.53. The van der Waals surface area contributed by atoms with Crippen molar-refractivity contribution in [3.63, 3.8) is 0 Å². The third-order valence-corrected chi connectivity index (χ3v) is 6.01. The minimum atomic E-state index is -3.97. The van der Waals surface area contributed by atoms with Gasteiger partial charge in [0.15, 0.2) is 0 Å². The maximum Gasteiger partial charge on any atom is 0.331 e. The first-order valence-electron chi connectivity index (χ1n) is 8.65. The Kier molecular flexibility index (Phi) is 5.47. The van der Waals surface area contributed by atoms with Crippen molar-refractivity contribution in [1.29, 1.82) is 0 Å². The minimum absolute atomic E-state index is 0.0201. The van der Waals surface area contributed by atoms with Crippen molar-refractivity contribution in [2.75, 3.05) is 32.8 Å². The van der Waals surface area contributed by atoms with Gasteiger partial charge in [-0.2, -0.15) is 0 Å². The molecule has 0 saturated carbocycles. The SMILES string of the molecule is Cc1ccc(S(=O)(=O)NC(=O)N2CCC[C@H]2C(=O)N2CCOCC2)cc1. The summed E-state index contributed by atoms with van der Waals surface area (Å²) < 4.78 is 32.2. The molecule has 3 rings (SSSR count). The lowest BCUT2D eigenvalue weighted by Gasteiger charge is -2.32. The van der Waals surface area contributed by atoms with Crippen LogP contribution in [0.15, 0.2) is 29.2 Å². The summed E-state index contributed by atoms with van der Waals surface area (Å²) in [5.74, 6) is -0.145. The summed E-state index contributed by atoms with van der Waals surface area (Å²) in [6, 6.07) is 4.85. The van der Waals surface area contributed by atoms with Crippen LogP contribution in [0.5, 0.6) is 0 Å². The molecule has 1 atom stereocenters. The van der Waals surface area contributed by atoms with E-state index in [1.54, 1.807) is 17.0 Å². The van der Waals surface area contributed by atoms with E-state index in [2.05, 4.69) is 4.72 Å². The molecule has 9 heteroatoms.